The SMILES string of the molecule is CCc1ccc(S(=O)(=O)NC[C@@H](O)C[C@@H](Cc2ccccc2)C(=O)N[C@H]2c3ccccc3C[C@H]2C)cc1. The monoisotopic (exact) mass is 520 g/mol. The van der Waals surface area contributed by atoms with Crippen LogP contribution in [0.5, 0.6) is 0 Å². The molecular weight excluding hydrogens is 484 g/mol. The van der Waals surface area contributed by atoms with E-state index in [1.54, 1.807) is 24.3 Å². The molecule has 3 aromatic carbocycles. The van der Waals surface area contributed by atoms with Crippen LogP contribution in [-0.4, -0.2) is 32.1 Å². The van der Waals surface area contributed by atoms with Crippen molar-refractivity contribution in [2.45, 2.75) is 56.6 Å². The van der Waals surface area contributed by atoms with Crippen LogP contribution < -0.4 is 10.0 Å². The molecule has 0 fully saturated rings. The van der Waals surface area contributed by atoms with Gasteiger partial charge < -0.3 is 10.4 Å². The summed E-state index contributed by atoms with van der Waals surface area (Å²) in [5, 5.41) is 14.0. The molecule has 1 aliphatic rings. The molecule has 1 aliphatic carbocycles. The molecule has 0 unspecified atom stereocenters. The first-order chi connectivity index (χ1) is 17.8. The lowest BCUT2D eigenvalue weighted by atomic mass is 9.91. The number of fused-ring (bicyclic) bond motifs is 1. The van der Waals surface area contributed by atoms with Crippen molar-refractivity contribution in [3.8, 4) is 0 Å². The van der Waals surface area contributed by atoms with Gasteiger partial charge in [-0.3, -0.25) is 4.79 Å². The molecular formula is C30H36N2O4S. The summed E-state index contributed by atoms with van der Waals surface area (Å²) in [5.74, 6) is -0.366. The van der Waals surface area contributed by atoms with E-state index in [9.17, 15) is 18.3 Å². The molecule has 4 atom stereocenters. The second-order valence-electron chi connectivity index (χ2n) is 9.99. The molecule has 0 aromatic heterocycles. The van der Waals surface area contributed by atoms with Gasteiger partial charge in [-0.25, -0.2) is 13.1 Å². The van der Waals surface area contributed by atoms with Crippen LogP contribution in [0, 0.1) is 11.8 Å². The molecule has 6 nitrogen and oxygen atoms in total. The molecule has 0 aliphatic heterocycles. The van der Waals surface area contributed by atoms with E-state index in [0.717, 1.165) is 29.5 Å². The Morgan fingerprint density at radius 2 is 1.65 bits per heavy atom. The Morgan fingerprint density at radius 1 is 0.973 bits per heavy atom. The van der Waals surface area contributed by atoms with Crippen LogP contribution in [0.3, 0.4) is 0 Å². The molecule has 3 aromatic rings. The molecule has 4 rings (SSSR count). The molecule has 0 spiro atoms. The largest absolute Gasteiger partial charge is 0.392 e. The fourth-order valence-corrected chi connectivity index (χ4v) is 6.15. The summed E-state index contributed by atoms with van der Waals surface area (Å²) in [4.78, 5) is 13.7. The van der Waals surface area contributed by atoms with E-state index in [1.807, 2.05) is 49.4 Å². The van der Waals surface area contributed by atoms with E-state index >= 15 is 0 Å². The Balaban J connectivity index is 1.44. The molecule has 1 amide bonds. The van der Waals surface area contributed by atoms with Gasteiger partial charge in [0.25, 0.3) is 0 Å². The number of rotatable bonds is 11. The zero-order valence-corrected chi connectivity index (χ0v) is 22.2. The summed E-state index contributed by atoms with van der Waals surface area (Å²) in [7, 11) is -3.77. The summed E-state index contributed by atoms with van der Waals surface area (Å²) < 4.78 is 28.0. The minimum atomic E-state index is -3.77. The Labute approximate surface area is 220 Å². The van der Waals surface area contributed by atoms with Crippen molar-refractivity contribution < 1.29 is 18.3 Å². The topological polar surface area (TPSA) is 95.5 Å². The number of amides is 1. The number of carbonyl (C=O) groups excluding carboxylic acids is 1. The summed E-state index contributed by atoms with van der Waals surface area (Å²) in [6.07, 6.45) is 1.31. The third-order valence-corrected chi connectivity index (χ3v) is 8.64. The number of hydrogen-bond donors (Lipinski definition) is 3. The lowest BCUT2D eigenvalue weighted by Gasteiger charge is -2.25. The Morgan fingerprint density at radius 3 is 2.35 bits per heavy atom. The summed E-state index contributed by atoms with van der Waals surface area (Å²) in [5.41, 5.74) is 4.44. The van der Waals surface area contributed by atoms with Gasteiger partial charge in [0.15, 0.2) is 0 Å². The number of nitrogens with one attached hydrogen (secondary N) is 2. The molecule has 0 saturated heterocycles. The average molecular weight is 521 g/mol. The first kappa shape index (κ1) is 27.0. The number of aliphatic hydroxyl groups is 1. The van der Waals surface area contributed by atoms with Crippen molar-refractivity contribution in [3.63, 3.8) is 0 Å². The normalized spacial score (nSPS) is 18.7. The maximum atomic E-state index is 13.5. The third kappa shape index (κ3) is 6.86. The molecule has 0 bridgehead atoms. The Hall–Kier alpha value is -3.00. The van der Waals surface area contributed by atoms with Gasteiger partial charge in [-0.1, -0.05) is 80.6 Å². The highest BCUT2D eigenvalue weighted by molar-refractivity contribution is 7.89. The van der Waals surface area contributed by atoms with Crippen LogP contribution in [-0.2, 0) is 34.1 Å². The van der Waals surface area contributed by atoms with E-state index in [1.165, 1.54) is 5.56 Å². The van der Waals surface area contributed by atoms with Gasteiger partial charge in [0.1, 0.15) is 0 Å². The first-order valence-electron chi connectivity index (χ1n) is 13.0. The van der Waals surface area contributed by atoms with Gasteiger partial charge in [-0.05, 0) is 66.0 Å². The van der Waals surface area contributed by atoms with E-state index in [2.05, 4.69) is 29.1 Å². The van der Waals surface area contributed by atoms with Crippen molar-refractivity contribution in [3.05, 3.63) is 101 Å². The minimum Gasteiger partial charge on any atom is -0.392 e. The molecule has 0 saturated carbocycles. The summed E-state index contributed by atoms with van der Waals surface area (Å²) in [6.45, 7) is 3.97. The highest BCUT2D eigenvalue weighted by Crippen LogP contribution is 2.36. The average Bonchev–Trinajstić information content (AvgIpc) is 3.22. The van der Waals surface area contributed by atoms with Crippen molar-refractivity contribution in [1.29, 1.82) is 0 Å². The molecule has 0 radical (unpaired) electrons. The smallest absolute Gasteiger partial charge is 0.240 e. The van der Waals surface area contributed by atoms with Gasteiger partial charge in [0.05, 0.1) is 17.0 Å². The van der Waals surface area contributed by atoms with Crippen LogP contribution in [0.1, 0.15) is 48.6 Å². The van der Waals surface area contributed by atoms with E-state index in [-0.39, 0.29) is 35.7 Å². The number of aryl methyl sites for hydroxylation is 1. The lowest BCUT2D eigenvalue weighted by Crippen LogP contribution is -2.40. The maximum Gasteiger partial charge on any atom is 0.240 e. The second kappa shape index (κ2) is 12.0. The van der Waals surface area contributed by atoms with E-state index in [0.29, 0.717) is 6.42 Å². The van der Waals surface area contributed by atoms with Crippen molar-refractivity contribution in [1.82, 2.24) is 10.0 Å². The highest BCUT2D eigenvalue weighted by Gasteiger charge is 2.33. The molecule has 196 valence electrons. The van der Waals surface area contributed by atoms with Gasteiger partial charge >= 0.3 is 0 Å². The van der Waals surface area contributed by atoms with Crippen LogP contribution in [0.25, 0.3) is 0 Å². The maximum absolute atomic E-state index is 13.5. The molecule has 3 N–H and O–H groups in total. The minimum absolute atomic E-state index is 0.0799. The molecule has 7 heteroatoms. The fraction of sp³-hybridized carbons (Fsp3) is 0.367. The summed E-state index contributed by atoms with van der Waals surface area (Å²) >= 11 is 0. The van der Waals surface area contributed by atoms with Crippen molar-refractivity contribution in [2.75, 3.05) is 6.54 Å². The standard InChI is InChI=1S/C30H36N2O4S/c1-3-22-13-15-27(16-14-22)37(35,36)31-20-26(33)19-25(18-23-9-5-4-6-10-23)30(34)32-29-21(2)17-24-11-7-8-12-28(24)29/h4-16,21,25-26,29,31,33H,3,17-20H2,1-2H3,(H,32,34)/t21-,25-,26+,29-/m1/s1. The predicted molar refractivity (Wildman–Crippen MR) is 145 cm³/mol. The number of aliphatic hydroxyl groups excluding tert-OH is 1. The van der Waals surface area contributed by atoms with Gasteiger partial charge in [-0.15, -0.1) is 0 Å². The van der Waals surface area contributed by atoms with Crippen LogP contribution in [0.15, 0.2) is 83.8 Å². The number of benzene rings is 3. The zero-order chi connectivity index (χ0) is 26.4. The molecule has 0 heterocycles. The molecule has 37 heavy (non-hydrogen) atoms. The third-order valence-electron chi connectivity index (χ3n) is 7.20. The van der Waals surface area contributed by atoms with E-state index in [4.69, 9.17) is 0 Å². The van der Waals surface area contributed by atoms with E-state index < -0.39 is 22.0 Å². The fourth-order valence-electron chi connectivity index (χ4n) is 5.07. The highest BCUT2D eigenvalue weighted by atomic mass is 32.2. The number of sulfonamides is 1. The predicted octanol–water partition coefficient (Wildman–Crippen LogP) is 4.19. The lowest BCUT2D eigenvalue weighted by molar-refractivity contribution is -0.127. The van der Waals surface area contributed by atoms with Gasteiger partial charge in [0, 0.05) is 12.5 Å². The van der Waals surface area contributed by atoms with Gasteiger partial charge in [0.2, 0.25) is 15.9 Å². The Kier molecular flexibility index (Phi) is 8.79. The van der Waals surface area contributed by atoms with Crippen LogP contribution in [0.4, 0.5) is 0 Å². The number of carbonyl (C=O) groups is 1. The summed E-state index contributed by atoms with van der Waals surface area (Å²) in [6, 6.07) is 24.5. The Bertz CT molecular complexity index is 1290. The number of hydrogen-bond acceptors (Lipinski definition) is 4. The van der Waals surface area contributed by atoms with Gasteiger partial charge in [-0.2, -0.15) is 0 Å². The van der Waals surface area contributed by atoms with Crippen LogP contribution in [0.2, 0.25) is 0 Å². The quantitative estimate of drug-likeness (QED) is 0.353. The first-order valence-corrected chi connectivity index (χ1v) is 14.4. The van der Waals surface area contributed by atoms with Crippen molar-refractivity contribution >= 4 is 15.9 Å². The zero-order valence-electron chi connectivity index (χ0n) is 21.4. The van der Waals surface area contributed by atoms with Crippen molar-refractivity contribution in [2.24, 2.45) is 11.8 Å². The second-order valence-corrected chi connectivity index (χ2v) is 11.8. The van der Waals surface area contributed by atoms with Crippen LogP contribution >= 0.6 is 0 Å².